The van der Waals surface area contributed by atoms with Gasteiger partial charge in [-0.15, -0.1) is 0 Å². The zero-order valence-electron chi connectivity index (χ0n) is 8.27. The monoisotopic (exact) mass is 219 g/mol. The van der Waals surface area contributed by atoms with Crippen LogP contribution in [-0.4, -0.2) is 80.1 Å². The number of hydrogen-bond donors (Lipinski definition) is 5. The maximum atomic E-state index is 9.70. The maximum Gasteiger partial charge on any atom is 0.0991 e. The van der Waals surface area contributed by atoms with Crippen LogP contribution in [0.2, 0.25) is 0 Å². The van der Waals surface area contributed by atoms with Gasteiger partial charge in [0, 0.05) is 6.04 Å². The van der Waals surface area contributed by atoms with Gasteiger partial charge in [-0.1, -0.05) is 0 Å². The van der Waals surface area contributed by atoms with Gasteiger partial charge in [-0.05, 0) is 6.42 Å². The molecule has 0 aromatic carbocycles. The molecule has 6 heteroatoms. The van der Waals surface area contributed by atoms with E-state index in [1.165, 1.54) is 0 Å². The summed E-state index contributed by atoms with van der Waals surface area (Å²) in [5, 5.41) is 47.2. The van der Waals surface area contributed by atoms with E-state index in [2.05, 4.69) is 0 Å². The summed E-state index contributed by atoms with van der Waals surface area (Å²) in [6, 6.07) is -1.47. The van der Waals surface area contributed by atoms with Gasteiger partial charge in [0.2, 0.25) is 0 Å². The Morgan fingerprint density at radius 1 is 0.933 bits per heavy atom. The normalized spacial score (nSPS) is 51.0. The Labute approximate surface area is 87.4 Å². The van der Waals surface area contributed by atoms with Crippen molar-refractivity contribution in [1.29, 1.82) is 0 Å². The molecule has 0 radical (unpaired) electrons. The van der Waals surface area contributed by atoms with Crippen LogP contribution in [0.4, 0.5) is 0 Å². The highest BCUT2D eigenvalue weighted by molar-refractivity contribution is 5.09. The molecule has 0 saturated carbocycles. The molecule has 2 fully saturated rings. The third kappa shape index (κ3) is 1.49. The molecule has 2 aliphatic rings. The average molecular weight is 219 g/mol. The number of aliphatic hydroxyl groups excluding tert-OH is 5. The highest BCUT2D eigenvalue weighted by Gasteiger charge is 2.55. The zero-order valence-corrected chi connectivity index (χ0v) is 8.27. The lowest BCUT2D eigenvalue weighted by molar-refractivity contribution is -0.00776. The minimum absolute atomic E-state index is 0.242. The Morgan fingerprint density at radius 2 is 1.53 bits per heavy atom. The van der Waals surface area contributed by atoms with Crippen LogP contribution < -0.4 is 0 Å². The van der Waals surface area contributed by atoms with Gasteiger partial charge in [0.05, 0.1) is 43.6 Å². The summed E-state index contributed by atoms with van der Waals surface area (Å²) in [5.41, 5.74) is 0. The molecule has 1 unspecified atom stereocenters. The van der Waals surface area contributed by atoms with Gasteiger partial charge in [-0.2, -0.15) is 0 Å². The first-order chi connectivity index (χ1) is 7.11. The molecule has 0 amide bonds. The smallest absolute Gasteiger partial charge is 0.0991 e. The molecule has 2 saturated heterocycles. The van der Waals surface area contributed by atoms with E-state index in [1.54, 1.807) is 4.90 Å². The summed E-state index contributed by atoms with van der Waals surface area (Å²) in [7, 11) is 0. The molecular formula is C9H17NO5. The van der Waals surface area contributed by atoms with E-state index < -0.39 is 30.4 Å². The second-order valence-electron chi connectivity index (χ2n) is 4.30. The lowest BCUT2D eigenvalue weighted by atomic mass is 10.0. The van der Waals surface area contributed by atoms with Crippen molar-refractivity contribution in [3.8, 4) is 0 Å². The number of nitrogens with zero attached hydrogens (tertiary/aromatic N) is 1. The highest BCUT2D eigenvalue weighted by Crippen LogP contribution is 2.37. The molecule has 2 heterocycles. The topological polar surface area (TPSA) is 104 Å². The summed E-state index contributed by atoms with van der Waals surface area (Å²) in [6.07, 6.45) is -2.37. The van der Waals surface area contributed by atoms with Crippen molar-refractivity contribution >= 4 is 0 Å². The SMILES string of the molecule is OC[C@@H]1[C@@H](O)[C@H](O)C2C[C@@H](O)[C@H](CO)N21. The van der Waals surface area contributed by atoms with Crippen LogP contribution in [0.25, 0.3) is 0 Å². The molecular weight excluding hydrogens is 202 g/mol. The molecule has 0 aliphatic carbocycles. The lowest BCUT2D eigenvalue weighted by Gasteiger charge is -2.29. The predicted octanol–water partition coefficient (Wildman–Crippen LogP) is -3.12. The second kappa shape index (κ2) is 3.97. The van der Waals surface area contributed by atoms with Gasteiger partial charge in [-0.25, -0.2) is 0 Å². The lowest BCUT2D eigenvalue weighted by Crippen LogP contribution is -2.47. The fourth-order valence-corrected chi connectivity index (χ4v) is 2.83. The fourth-order valence-electron chi connectivity index (χ4n) is 2.83. The van der Waals surface area contributed by atoms with E-state index in [-0.39, 0.29) is 19.3 Å². The van der Waals surface area contributed by atoms with Gasteiger partial charge >= 0.3 is 0 Å². The standard InChI is InChI=1S/C9H17NO5/c11-2-5-7(13)1-4-8(14)9(15)6(3-12)10(4)5/h4-9,11-15H,1-3H2/t4?,5-,6+,7+,8+,9+/m0/s1. The number of fused-ring (bicyclic) bond motifs is 1. The van der Waals surface area contributed by atoms with Crippen LogP contribution >= 0.6 is 0 Å². The average Bonchev–Trinajstić information content (AvgIpc) is 2.65. The van der Waals surface area contributed by atoms with Crippen LogP contribution in [-0.2, 0) is 0 Å². The molecule has 0 aromatic heterocycles. The second-order valence-corrected chi connectivity index (χ2v) is 4.30. The summed E-state index contributed by atoms with van der Waals surface area (Å²) in [6.45, 7) is -0.536. The van der Waals surface area contributed by atoms with Crippen molar-refractivity contribution in [3.05, 3.63) is 0 Å². The van der Waals surface area contributed by atoms with Crippen molar-refractivity contribution in [2.75, 3.05) is 13.2 Å². The van der Waals surface area contributed by atoms with Crippen LogP contribution in [0.15, 0.2) is 0 Å². The maximum absolute atomic E-state index is 9.70. The third-order valence-corrected chi connectivity index (χ3v) is 3.59. The van der Waals surface area contributed by atoms with E-state index >= 15 is 0 Å². The van der Waals surface area contributed by atoms with Crippen molar-refractivity contribution in [1.82, 2.24) is 4.90 Å². The molecule has 2 rings (SSSR count). The summed E-state index contributed by atoms with van der Waals surface area (Å²) >= 11 is 0. The van der Waals surface area contributed by atoms with E-state index in [0.717, 1.165) is 0 Å². The highest BCUT2D eigenvalue weighted by atomic mass is 16.3. The van der Waals surface area contributed by atoms with E-state index in [1.807, 2.05) is 0 Å². The van der Waals surface area contributed by atoms with Crippen LogP contribution in [0, 0.1) is 0 Å². The van der Waals surface area contributed by atoms with Gasteiger partial charge in [0.15, 0.2) is 0 Å². The largest absolute Gasteiger partial charge is 0.395 e. The molecule has 0 bridgehead atoms. The van der Waals surface area contributed by atoms with Gasteiger partial charge in [0.25, 0.3) is 0 Å². The van der Waals surface area contributed by atoms with E-state index in [4.69, 9.17) is 10.2 Å². The Balaban J connectivity index is 2.23. The van der Waals surface area contributed by atoms with Crippen LogP contribution in [0.1, 0.15) is 6.42 Å². The first-order valence-electron chi connectivity index (χ1n) is 5.15. The van der Waals surface area contributed by atoms with Crippen LogP contribution in [0.3, 0.4) is 0 Å². The molecule has 0 aromatic rings. The number of hydrogen-bond acceptors (Lipinski definition) is 6. The molecule has 15 heavy (non-hydrogen) atoms. The van der Waals surface area contributed by atoms with Crippen LogP contribution in [0.5, 0.6) is 0 Å². The molecule has 0 spiro atoms. The van der Waals surface area contributed by atoms with Gasteiger partial charge < -0.3 is 25.5 Å². The number of rotatable bonds is 2. The minimum Gasteiger partial charge on any atom is -0.395 e. The summed E-state index contributed by atoms with van der Waals surface area (Å²) < 4.78 is 0. The number of aliphatic hydroxyl groups is 5. The Morgan fingerprint density at radius 3 is 2.07 bits per heavy atom. The van der Waals surface area contributed by atoms with Gasteiger partial charge in [-0.3, -0.25) is 4.90 Å². The molecule has 6 atom stereocenters. The zero-order chi connectivity index (χ0) is 11.2. The minimum atomic E-state index is -1.01. The molecule has 5 N–H and O–H groups in total. The van der Waals surface area contributed by atoms with E-state index in [0.29, 0.717) is 6.42 Å². The Kier molecular flexibility index (Phi) is 2.98. The first kappa shape index (κ1) is 11.3. The Hall–Kier alpha value is -0.240. The van der Waals surface area contributed by atoms with Crippen molar-refractivity contribution < 1.29 is 25.5 Å². The molecule has 88 valence electrons. The summed E-state index contributed by atoms with van der Waals surface area (Å²) in [4.78, 5) is 1.64. The van der Waals surface area contributed by atoms with Crippen molar-refractivity contribution in [2.45, 2.75) is 42.9 Å². The third-order valence-electron chi connectivity index (χ3n) is 3.59. The molecule has 2 aliphatic heterocycles. The summed E-state index contributed by atoms with van der Waals surface area (Å²) in [5.74, 6) is 0. The van der Waals surface area contributed by atoms with Gasteiger partial charge in [0.1, 0.15) is 0 Å². The van der Waals surface area contributed by atoms with Crippen molar-refractivity contribution in [2.24, 2.45) is 0 Å². The van der Waals surface area contributed by atoms with Crippen molar-refractivity contribution in [3.63, 3.8) is 0 Å². The fraction of sp³-hybridized carbons (Fsp3) is 1.00. The van der Waals surface area contributed by atoms with E-state index in [9.17, 15) is 15.3 Å². The predicted molar refractivity (Wildman–Crippen MR) is 50.0 cm³/mol. The first-order valence-corrected chi connectivity index (χ1v) is 5.15. The molecule has 6 nitrogen and oxygen atoms in total. The Bertz CT molecular complexity index is 237. The quantitative estimate of drug-likeness (QED) is 0.336.